The van der Waals surface area contributed by atoms with Crippen LogP contribution < -0.4 is 10.1 Å². The highest BCUT2D eigenvalue weighted by Gasteiger charge is 2.28. The number of alkyl halides is 2. The van der Waals surface area contributed by atoms with Gasteiger partial charge in [0.1, 0.15) is 11.3 Å². The van der Waals surface area contributed by atoms with Crippen LogP contribution in [-0.2, 0) is 4.79 Å². The minimum Gasteiger partial charge on any atom is -0.434 e. The Morgan fingerprint density at radius 2 is 1.85 bits per heavy atom. The maximum absolute atomic E-state index is 13.7. The standard InChI is InChI=1S/C33H39ClF2N8O3S/c1-23-3-5-25(26-19-24(34)4-6-29(26)47-33(35)36)28(39-32(46)27-20-38-44-8-2-7-37-31(27)44)21-43(23)22-30(45)42-13-11-40(12-14-42)9-10-41-15-17-48-18-16-41/h2,4-8,19-21,23,33H,3,9-18,22H2,1H3,(H,39,46). The number of halogens is 3. The molecule has 0 bridgehead atoms. The van der Waals surface area contributed by atoms with Crippen molar-refractivity contribution in [2.24, 2.45) is 0 Å². The van der Waals surface area contributed by atoms with Crippen LogP contribution in [0.5, 0.6) is 5.75 Å². The van der Waals surface area contributed by atoms with E-state index in [2.05, 4.69) is 25.2 Å². The van der Waals surface area contributed by atoms with Crippen LogP contribution in [0.1, 0.15) is 29.3 Å². The van der Waals surface area contributed by atoms with Crippen LogP contribution in [0.4, 0.5) is 8.78 Å². The molecule has 0 aliphatic carbocycles. The lowest BCUT2D eigenvalue weighted by atomic mass is 10.00. The second kappa shape index (κ2) is 15.7. The molecule has 2 saturated heterocycles. The molecule has 1 N–H and O–H groups in total. The van der Waals surface area contributed by atoms with Gasteiger partial charge in [-0.2, -0.15) is 25.6 Å². The molecule has 15 heteroatoms. The zero-order valence-electron chi connectivity index (χ0n) is 26.7. The van der Waals surface area contributed by atoms with Crippen molar-refractivity contribution in [2.45, 2.75) is 26.0 Å². The molecule has 6 rings (SSSR count). The molecule has 2 fully saturated rings. The normalized spacial score (nSPS) is 19.6. The van der Waals surface area contributed by atoms with E-state index >= 15 is 0 Å². The zero-order valence-corrected chi connectivity index (χ0v) is 28.3. The van der Waals surface area contributed by atoms with Crippen molar-refractivity contribution < 1.29 is 23.1 Å². The monoisotopic (exact) mass is 700 g/mol. The maximum Gasteiger partial charge on any atom is 0.387 e. The summed E-state index contributed by atoms with van der Waals surface area (Å²) in [6.07, 6.45) is 8.67. The van der Waals surface area contributed by atoms with E-state index in [4.69, 9.17) is 16.3 Å². The van der Waals surface area contributed by atoms with Gasteiger partial charge in [0.25, 0.3) is 5.91 Å². The van der Waals surface area contributed by atoms with Gasteiger partial charge in [0.05, 0.1) is 18.4 Å². The number of nitrogens with zero attached hydrogens (tertiary/aromatic N) is 7. The Bertz CT molecular complexity index is 1670. The number of benzene rings is 1. The van der Waals surface area contributed by atoms with Crippen LogP contribution in [0.2, 0.25) is 5.02 Å². The summed E-state index contributed by atoms with van der Waals surface area (Å²) in [5.41, 5.74) is 1.60. The average Bonchev–Trinajstić information content (AvgIpc) is 3.46. The Hall–Kier alpha value is -3.72. The van der Waals surface area contributed by atoms with Crippen LogP contribution in [0, 0.1) is 0 Å². The molecule has 3 aliphatic rings. The predicted molar refractivity (Wildman–Crippen MR) is 182 cm³/mol. The van der Waals surface area contributed by atoms with Crippen molar-refractivity contribution in [3.8, 4) is 5.75 Å². The van der Waals surface area contributed by atoms with Gasteiger partial charge >= 0.3 is 6.61 Å². The highest BCUT2D eigenvalue weighted by atomic mass is 35.5. The molecule has 256 valence electrons. The molecule has 1 aromatic carbocycles. The third-order valence-corrected chi connectivity index (χ3v) is 10.1. The molecule has 2 amide bonds. The Kier molecular flexibility index (Phi) is 11.1. The lowest BCUT2D eigenvalue weighted by molar-refractivity contribution is -0.134. The number of ether oxygens (including phenoxy) is 1. The molecular weight excluding hydrogens is 662 g/mol. The molecule has 48 heavy (non-hydrogen) atoms. The lowest BCUT2D eigenvalue weighted by Crippen LogP contribution is -2.52. The average molecular weight is 701 g/mol. The van der Waals surface area contributed by atoms with E-state index in [0.29, 0.717) is 41.5 Å². The molecule has 2 aromatic heterocycles. The Morgan fingerprint density at radius 1 is 1.10 bits per heavy atom. The number of aromatic nitrogens is 3. The van der Waals surface area contributed by atoms with Gasteiger partial charge in [-0.3, -0.25) is 14.5 Å². The Labute approximate surface area is 287 Å². The number of piperazine rings is 1. The summed E-state index contributed by atoms with van der Waals surface area (Å²) in [5.74, 6) is 1.77. The zero-order chi connectivity index (χ0) is 33.6. The lowest BCUT2D eigenvalue weighted by Gasteiger charge is -2.37. The van der Waals surface area contributed by atoms with Crippen molar-refractivity contribution >= 4 is 46.4 Å². The first-order valence-corrected chi connectivity index (χ1v) is 17.6. The van der Waals surface area contributed by atoms with E-state index in [9.17, 15) is 18.4 Å². The number of carbonyl (C=O) groups is 2. The van der Waals surface area contributed by atoms with Gasteiger partial charge in [0.2, 0.25) is 5.91 Å². The fourth-order valence-corrected chi connectivity index (χ4v) is 7.28. The van der Waals surface area contributed by atoms with Crippen LogP contribution in [0.15, 0.2) is 60.8 Å². The molecule has 0 radical (unpaired) electrons. The van der Waals surface area contributed by atoms with E-state index in [1.54, 1.807) is 24.7 Å². The summed E-state index contributed by atoms with van der Waals surface area (Å²) in [6.45, 7) is 6.25. The summed E-state index contributed by atoms with van der Waals surface area (Å²) in [6, 6.07) is 5.91. The number of rotatable bonds is 10. The highest BCUT2D eigenvalue weighted by Crippen LogP contribution is 2.36. The summed E-state index contributed by atoms with van der Waals surface area (Å²) in [5, 5.41) is 7.47. The van der Waals surface area contributed by atoms with Crippen LogP contribution in [-0.4, -0.2) is 129 Å². The van der Waals surface area contributed by atoms with E-state index in [-0.39, 0.29) is 35.4 Å². The predicted octanol–water partition coefficient (Wildman–Crippen LogP) is 3.93. The first kappa shape index (κ1) is 34.2. The van der Waals surface area contributed by atoms with E-state index < -0.39 is 12.5 Å². The number of thioether (sulfide) groups is 1. The largest absolute Gasteiger partial charge is 0.434 e. The number of hydrogen-bond donors (Lipinski definition) is 1. The van der Waals surface area contributed by atoms with Crippen LogP contribution >= 0.6 is 23.4 Å². The van der Waals surface area contributed by atoms with Gasteiger partial charge in [-0.1, -0.05) is 17.7 Å². The summed E-state index contributed by atoms with van der Waals surface area (Å²) in [4.78, 5) is 40.3. The number of nitrogens with one attached hydrogen (secondary N) is 1. The van der Waals surface area contributed by atoms with Crippen LogP contribution in [0.25, 0.3) is 11.2 Å². The molecule has 11 nitrogen and oxygen atoms in total. The fraction of sp³-hybridized carbons (Fsp3) is 0.455. The maximum atomic E-state index is 13.7. The molecule has 1 atom stereocenters. The highest BCUT2D eigenvalue weighted by molar-refractivity contribution is 7.99. The summed E-state index contributed by atoms with van der Waals surface area (Å²) >= 11 is 8.34. The molecule has 3 aromatic rings. The van der Waals surface area contributed by atoms with Crippen molar-refractivity contribution in [1.82, 2.24) is 39.5 Å². The van der Waals surface area contributed by atoms with E-state index in [1.165, 1.54) is 40.4 Å². The van der Waals surface area contributed by atoms with Gasteiger partial charge in [-0.05, 0) is 37.6 Å². The molecule has 0 saturated carbocycles. The third kappa shape index (κ3) is 8.28. The van der Waals surface area contributed by atoms with Crippen molar-refractivity contribution in [1.29, 1.82) is 0 Å². The van der Waals surface area contributed by atoms with Crippen LogP contribution in [0.3, 0.4) is 0 Å². The van der Waals surface area contributed by atoms with Gasteiger partial charge in [0.15, 0.2) is 5.65 Å². The second-order valence-electron chi connectivity index (χ2n) is 12.0. The number of amides is 2. The number of fused-ring (bicyclic) bond motifs is 1. The summed E-state index contributed by atoms with van der Waals surface area (Å²) < 4.78 is 33.3. The van der Waals surface area contributed by atoms with Crippen molar-refractivity contribution in [3.05, 3.63) is 77.0 Å². The smallest absolute Gasteiger partial charge is 0.387 e. The molecule has 0 spiro atoms. The van der Waals surface area contributed by atoms with E-state index in [1.807, 2.05) is 34.6 Å². The summed E-state index contributed by atoms with van der Waals surface area (Å²) in [7, 11) is 0. The van der Waals surface area contributed by atoms with Gasteiger partial charge in [0, 0.05) is 105 Å². The first-order valence-electron chi connectivity index (χ1n) is 16.1. The Balaban J connectivity index is 1.21. The molecular formula is C33H39ClF2N8O3S. The number of allylic oxidation sites excluding steroid dienone is 1. The molecule has 1 unspecified atom stereocenters. The topological polar surface area (TPSA) is 98.5 Å². The van der Waals surface area contributed by atoms with Gasteiger partial charge in [-0.25, -0.2) is 9.50 Å². The minimum absolute atomic E-state index is 0.0174. The Morgan fingerprint density at radius 3 is 2.60 bits per heavy atom. The van der Waals surface area contributed by atoms with Gasteiger partial charge < -0.3 is 24.8 Å². The number of carbonyl (C=O) groups excluding carboxylic acids is 2. The van der Waals surface area contributed by atoms with Crippen molar-refractivity contribution in [2.75, 3.05) is 70.4 Å². The van der Waals surface area contributed by atoms with Gasteiger partial charge in [-0.15, -0.1) is 0 Å². The third-order valence-electron chi connectivity index (χ3n) is 8.91. The quantitative estimate of drug-likeness (QED) is 0.338. The molecule has 5 heterocycles. The minimum atomic E-state index is -3.07. The number of hydrogen-bond acceptors (Lipinski definition) is 9. The fourth-order valence-electron chi connectivity index (χ4n) is 6.13. The van der Waals surface area contributed by atoms with Crippen molar-refractivity contribution in [3.63, 3.8) is 0 Å². The molecule has 3 aliphatic heterocycles. The second-order valence-corrected chi connectivity index (χ2v) is 13.7. The van der Waals surface area contributed by atoms with E-state index in [0.717, 1.165) is 39.3 Å². The SMILES string of the molecule is CC1CC=C(c2cc(Cl)ccc2OC(F)F)C(NC(=O)c2cnn3cccnc23)=CN1CC(=O)N1CCN(CCN2CCSCC2)CC1. The first-order chi connectivity index (χ1) is 23.2.